The number of esters is 1. The maximum absolute atomic E-state index is 13.0. The van der Waals surface area contributed by atoms with Crippen molar-refractivity contribution in [3.05, 3.63) is 59.7 Å². The van der Waals surface area contributed by atoms with Crippen molar-refractivity contribution in [3.63, 3.8) is 0 Å². The topological polar surface area (TPSA) is 103 Å². The van der Waals surface area contributed by atoms with Crippen LogP contribution in [0, 0.1) is 0 Å². The Morgan fingerprint density at radius 1 is 0.971 bits per heavy atom. The zero-order valence-corrected chi connectivity index (χ0v) is 19.1. The van der Waals surface area contributed by atoms with E-state index in [4.69, 9.17) is 0 Å². The van der Waals surface area contributed by atoms with Gasteiger partial charge in [0.1, 0.15) is 0 Å². The zero-order valence-electron chi connectivity index (χ0n) is 18.3. The maximum Gasteiger partial charge on any atom is 0.534 e. The van der Waals surface area contributed by atoms with Crippen LogP contribution < -0.4 is 4.18 Å². The molecule has 0 N–H and O–H groups in total. The number of pyridine rings is 1. The van der Waals surface area contributed by atoms with Gasteiger partial charge in [-0.25, -0.2) is 9.78 Å². The molecule has 4 rings (SSSR count). The predicted octanol–water partition coefficient (Wildman–Crippen LogP) is 4.15. The van der Waals surface area contributed by atoms with E-state index < -0.39 is 27.3 Å². The summed E-state index contributed by atoms with van der Waals surface area (Å²) < 4.78 is 71.4. The minimum atomic E-state index is -5.97. The van der Waals surface area contributed by atoms with Crippen molar-refractivity contribution in [2.24, 2.45) is 0 Å². The highest BCUT2D eigenvalue weighted by Crippen LogP contribution is 2.35. The minimum absolute atomic E-state index is 0.0757. The van der Waals surface area contributed by atoms with Gasteiger partial charge in [0, 0.05) is 29.6 Å². The SMILES string of the molecule is COC(=O)c1ccc2nc(-c3cc(C(=O)N4CCCC4)ccc3OS(=O)(=O)C(F)(F)F)ccc2c1. The molecular weight excluding hydrogens is 489 g/mol. The number of alkyl halides is 3. The van der Waals surface area contributed by atoms with Crippen LogP contribution in [0.1, 0.15) is 33.6 Å². The number of benzene rings is 2. The van der Waals surface area contributed by atoms with Crippen LogP contribution in [0.5, 0.6) is 5.75 Å². The summed E-state index contributed by atoms with van der Waals surface area (Å²) >= 11 is 0. The van der Waals surface area contributed by atoms with Crippen molar-refractivity contribution in [2.45, 2.75) is 18.3 Å². The highest BCUT2D eigenvalue weighted by Gasteiger charge is 2.49. The van der Waals surface area contributed by atoms with Crippen molar-refractivity contribution >= 4 is 32.9 Å². The molecule has 1 aromatic heterocycles. The van der Waals surface area contributed by atoms with Gasteiger partial charge in [0.25, 0.3) is 5.91 Å². The Bertz CT molecular complexity index is 1420. The number of ether oxygens (including phenoxy) is 1. The molecule has 184 valence electrons. The van der Waals surface area contributed by atoms with E-state index in [1.807, 2.05) is 0 Å². The lowest BCUT2D eigenvalue weighted by molar-refractivity contribution is -0.0499. The number of methoxy groups -OCH3 is 1. The van der Waals surface area contributed by atoms with Crippen LogP contribution in [0.25, 0.3) is 22.2 Å². The smallest absolute Gasteiger partial charge is 0.465 e. The molecule has 0 atom stereocenters. The number of hydrogen-bond acceptors (Lipinski definition) is 7. The summed E-state index contributed by atoms with van der Waals surface area (Å²) in [6.07, 6.45) is 1.67. The van der Waals surface area contributed by atoms with Crippen molar-refractivity contribution in [2.75, 3.05) is 20.2 Å². The quantitative estimate of drug-likeness (QED) is 0.290. The first kappa shape index (κ1) is 24.5. The van der Waals surface area contributed by atoms with E-state index in [2.05, 4.69) is 13.9 Å². The predicted molar refractivity (Wildman–Crippen MR) is 119 cm³/mol. The second kappa shape index (κ2) is 9.17. The first-order valence-electron chi connectivity index (χ1n) is 10.4. The zero-order chi connectivity index (χ0) is 25.4. The molecule has 0 unspecified atom stereocenters. The summed E-state index contributed by atoms with van der Waals surface area (Å²) in [5.41, 5.74) is -4.88. The van der Waals surface area contributed by atoms with Gasteiger partial charge in [-0.2, -0.15) is 21.6 Å². The van der Waals surface area contributed by atoms with Crippen molar-refractivity contribution in [1.29, 1.82) is 0 Å². The van der Waals surface area contributed by atoms with Crippen molar-refractivity contribution in [1.82, 2.24) is 9.88 Å². The third kappa shape index (κ3) is 4.92. The fraction of sp³-hybridized carbons (Fsp3) is 0.261. The molecule has 12 heteroatoms. The van der Waals surface area contributed by atoms with Crippen molar-refractivity contribution in [3.8, 4) is 17.0 Å². The lowest BCUT2D eigenvalue weighted by Gasteiger charge is -2.18. The Balaban J connectivity index is 1.82. The molecular formula is C23H19F3N2O6S. The molecule has 35 heavy (non-hydrogen) atoms. The van der Waals surface area contributed by atoms with E-state index in [1.165, 1.54) is 43.5 Å². The van der Waals surface area contributed by atoms with Crippen LogP contribution in [0.3, 0.4) is 0 Å². The molecule has 1 saturated heterocycles. The molecule has 2 heterocycles. The second-order valence-corrected chi connectivity index (χ2v) is 9.33. The monoisotopic (exact) mass is 508 g/mol. The van der Waals surface area contributed by atoms with Gasteiger partial charge in [-0.15, -0.1) is 0 Å². The molecule has 2 aromatic carbocycles. The van der Waals surface area contributed by atoms with Crippen molar-refractivity contribution < 1.29 is 40.1 Å². The van der Waals surface area contributed by atoms with Gasteiger partial charge in [-0.3, -0.25) is 4.79 Å². The summed E-state index contributed by atoms with van der Waals surface area (Å²) in [6, 6.07) is 11.0. The van der Waals surface area contributed by atoms with Crippen LogP contribution in [-0.4, -0.2) is 55.9 Å². The number of carbonyl (C=O) groups excluding carboxylic acids is 2. The lowest BCUT2D eigenvalue weighted by atomic mass is 10.0. The van der Waals surface area contributed by atoms with E-state index in [-0.39, 0.29) is 28.3 Å². The Kier molecular flexibility index (Phi) is 6.41. The first-order chi connectivity index (χ1) is 16.5. The van der Waals surface area contributed by atoms with E-state index in [0.29, 0.717) is 24.0 Å². The number of halogens is 3. The highest BCUT2D eigenvalue weighted by molar-refractivity contribution is 7.88. The summed E-state index contributed by atoms with van der Waals surface area (Å²) in [5, 5.41) is 0.534. The maximum atomic E-state index is 13.0. The van der Waals surface area contributed by atoms with Crippen LogP contribution in [0.2, 0.25) is 0 Å². The lowest BCUT2D eigenvalue weighted by Crippen LogP contribution is -2.29. The van der Waals surface area contributed by atoms with Gasteiger partial charge in [0.2, 0.25) is 0 Å². The molecule has 1 aliphatic rings. The van der Waals surface area contributed by atoms with Gasteiger partial charge in [-0.05, 0) is 55.3 Å². The molecule has 1 fully saturated rings. The number of carbonyl (C=O) groups is 2. The fourth-order valence-electron chi connectivity index (χ4n) is 3.72. The van der Waals surface area contributed by atoms with Gasteiger partial charge in [0.15, 0.2) is 5.75 Å². The average molecular weight is 508 g/mol. The van der Waals surface area contributed by atoms with Gasteiger partial charge >= 0.3 is 21.6 Å². The van der Waals surface area contributed by atoms with E-state index in [9.17, 15) is 31.2 Å². The van der Waals surface area contributed by atoms with Crippen LogP contribution in [0.15, 0.2) is 48.5 Å². The Labute approximate surface area is 198 Å². The summed E-state index contributed by atoms with van der Waals surface area (Å²) in [5.74, 6) is -1.52. The van der Waals surface area contributed by atoms with Crippen LogP contribution >= 0.6 is 0 Å². The number of fused-ring (bicyclic) bond motifs is 1. The van der Waals surface area contributed by atoms with Gasteiger partial charge in [0.05, 0.1) is 23.9 Å². The standard InChI is InChI=1S/C23H19F3N2O6S/c1-33-22(30)16-5-7-18-14(12-16)4-8-19(27-18)17-13-15(21(29)28-10-2-3-11-28)6-9-20(17)34-35(31,32)23(24,25)26/h4-9,12-13H,2-3,10-11H2,1H3. The number of hydrogen-bond donors (Lipinski definition) is 0. The number of nitrogens with zero attached hydrogens (tertiary/aromatic N) is 2. The molecule has 8 nitrogen and oxygen atoms in total. The minimum Gasteiger partial charge on any atom is -0.465 e. The fourth-order valence-corrected chi connectivity index (χ4v) is 4.20. The Hall–Kier alpha value is -3.67. The van der Waals surface area contributed by atoms with Gasteiger partial charge < -0.3 is 13.8 Å². The molecule has 0 saturated carbocycles. The summed E-state index contributed by atoms with van der Waals surface area (Å²) in [7, 11) is -4.73. The van der Waals surface area contributed by atoms with Crippen LogP contribution in [-0.2, 0) is 14.9 Å². The number of likely N-dealkylation sites (tertiary alicyclic amines) is 1. The molecule has 0 aliphatic carbocycles. The highest BCUT2D eigenvalue weighted by atomic mass is 32.2. The first-order valence-corrected chi connectivity index (χ1v) is 11.8. The molecule has 0 spiro atoms. The van der Waals surface area contributed by atoms with Crippen LogP contribution in [0.4, 0.5) is 13.2 Å². The summed E-state index contributed by atoms with van der Waals surface area (Å²) in [6.45, 7) is 1.09. The third-order valence-electron chi connectivity index (χ3n) is 5.49. The molecule has 0 bridgehead atoms. The Morgan fingerprint density at radius 3 is 2.31 bits per heavy atom. The normalized spacial score (nSPS) is 14.2. The average Bonchev–Trinajstić information content (AvgIpc) is 3.37. The molecule has 1 aliphatic heterocycles. The van der Waals surface area contributed by atoms with E-state index in [1.54, 1.807) is 11.0 Å². The largest absolute Gasteiger partial charge is 0.534 e. The van der Waals surface area contributed by atoms with E-state index in [0.717, 1.165) is 18.9 Å². The third-order valence-corrected chi connectivity index (χ3v) is 6.45. The summed E-state index contributed by atoms with van der Waals surface area (Å²) in [4.78, 5) is 30.6. The van der Waals surface area contributed by atoms with Gasteiger partial charge in [-0.1, -0.05) is 6.07 Å². The molecule has 3 aromatic rings. The number of aromatic nitrogens is 1. The Morgan fingerprint density at radius 2 is 1.66 bits per heavy atom. The number of rotatable bonds is 5. The molecule has 0 radical (unpaired) electrons. The van der Waals surface area contributed by atoms with E-state index >= 15 is 0 Å². The number of amides is 1. The molecule has 1 amide bonds. The second-order valence-electron chi connectivity index (χ2n) is 7.79.